The summed E-state index contributed by atoms with van der Waals surface area (Å²) in [6.45, 7) is 5.67. The minimum Gasteiger partial charge on any atom is -0.494 e. The van der Waals surface area contributed by atoms with Crippen LogP contribution in [0.5, 0.6) is 5.75 Å². The first-order valence-electron chi connectivity index (χ1n) is 10.3. The van der Waals surface area contributed by atoms with Gasteiger partial charge >= 0.3 is 0 Å². The van der Waals surface area contributed by atoms with Gasteiger partial charge in [0, 0.05) is 62.6 Å². The van der Waals surface area contributed by atoms with Crippen LogP contribution in [-0.2, 0) is 4.79 Å². The molecule has 1 saturated heterocycles. The van der Waals surface area contributed by atoms with Crippen molar-refractivity contribution >= 4 is 28.3 Å². The summed E-state index contributed by atoms with van der Waals surface area (Å²) in [5.74, 6) is 1.90. The molecule has 1 aromatic carbocycles. The first kappa shape index (κ1) is 19.9. The lowest BCUT2D eigenvalue weighted by molar-refractivity contribution is -0.131. The lowest BCUT2D eigenvalue weighted by Crippen LogP contribution is -2.49. The predicted molar refractivity (Wildman–Crippen MR) is 119 cm³/mol. The van der Waals surface area contributed by atoms with Gasteiger partial charge in [-0.25, -0.2) is 4.98 Å². The number of para-hydroxylation sites is 1. The van der Waals surface area contributed by atoms with Crippen molar-refractivity contribution in [2.24, 2.45) is 0 Å². The van der Waals surface area contributed by atoms with E-state index in [0.29, 0.717) is 13.0 Å². The number of anilines is 2. The second kappa shape index (κ2) is 8.98. The Morgan fingerprint density at radius 2 is 1.93 bits per heavy atom. The van der Waals surface area contributed by atoms with Gasteiger partial charge in [0.2, 0.25) is 5.91 Å². The van der Waals surface area contributed by atoms with Crippen molar-refractivity contribution in [3.8, 4) is 5.75 Å². The molecular formula is C23H27N5O2. The molecular weight excluding hydrogens is 378 g/mol. The number of aryl methyl sites for hydroxylation is 1. The molecule has 0 spiro atoms. The number of pyridine rings is 2. The third-order valence-corrected chi connectivity index (χ3v) is 5.52. The van der Waals surface area contributed by atoms with Gasteiger partial charge in [0.1, 0.15) is 17.1 Å². The number of fused-ring (bicyclic) bond motifs is 1. The van der Waals surface area contributed by atoms with E-state index < -0.39 is 0 Å². The van der Waals surface area contributed by atoms with Crippen LogP contribution in [0.15, 0.2) is 48.8 Å². The zero-order chi connectivity index (χ0) is 20.9. The summed E-state index contributed by atoms with van der Waals surface area (Å²) >= 11 is 0. The first-order chi connectivity index (χ1) is 14.7. The highest BCUT2D eigenvalue weighted by Crippen LogP contribution is 2.31. The Hall–Kier alpha value is -3.35. The number of aromatic nitrogens is 2. The summed E-state index contributed by atoms with van der Waals surface area (Å²) in [7, 11) is 1.65. The first-order valence-corrected chi connectivity index (χ1v) is 10.3. The van der Waals surface area contributed by atoms with Crippen molar-refractivity contribution in [3.63, 3.8) is 0 Å². The topological polar surface area (TPSA) is 70.6 Å². The minimum absolute atomic E-state index is 0.178. The van der Waals surface area contributed by atoms with E-state index in [0.717, 1.165) is 59.9 Å². The highest BCUT2D eigenvalue weighted by Gasteiger charge is 2.21. The fraction of sp³-hybridized carbons (Fsp3) is 0.348. The number of methoxy groups -OCH3 is 1. The Kier molecular flexibility index (Phi) is 5.97. The molecule has 7 nitrogen and oxygen atoms in total. The molecule has 0 bridgehead atoms. The largest absolute Gasteiger partial charge is 0.494 e. The van der Waals surface area contributed by atoms with Crippen LogP contribution in [0, 0.1) is 6.92 Å². The maximum Gasteiger partial charge on any atom is 0.224 e. The molecule has 7 heteroatoms. The van der Waals surface area contributed by atoms with Crippen molar-refractivity contribution in [3.05, 3.63) is 54.4 Å². The SMILES string of the molecule is COc1cccc2c(NCCC(=O)N3CCN(c4ccccn4)CC3)c(C)cnc12. The molecule has 1 N–H and O–H groups in total. The van der Waals surface area contributed by atoms with Crippen molar-refractivity contribution < 1.29 is 9.53 Å². The molecule has 3 aromatic rings. The summed E-state index contributed by atoms with van der Waals surface area (Å²) in [4.78, 5) is 25.8. The standard InChI is InChI=1S/C23H27N5O2/c1-17-16-26-23-18(6-5-7-19(23)30-2)22(17)25-11-9-21(29)28-14-12-27(13-15-28)20-8-3-4-10-24-20/h3-8,10,16H,9,11-15H2,1-2H3,(H,25,26). The number of benzene rings is 1. The zero-order valence-electron chi connectivity index (χ0n) is 17.5. The number of carbonyl (C=O) groups is 1. The smallest absolute Gasteiger partial charge is 0.224 e. The molecule has 156 valence electrons. The number of hydrogen-bond acceptors (Lipinski definition) is 6. The van der Waals surface area contributed by atoms with Crippen LogP contribution >= 0.6 is 0 Å². The second-order valence-corrected chi connectivity index (χ2v) is 7.41. The number of piperazine rings is 1. The average molecular weight is 406 g/mol. The fourth-order valence-electron chi connectivity index (χ4n) is 3.87. The number of amides is 1. The lowest BCUT2D eigenvalue weighted by Gasteiger charge is -2.35. The number of ether oxygens (including phenoxy) is 1. The molecule has 1 aliphatic heterocycles. The van der Waals surface area contributed by atoms with Gasteiger partial charge in [0.15, 0.2) is 0 Å². The lowest BCUT2D eigenvalue weighted by atomic mass is 10.1. The van der Waals surface area contributed by atoms with Gasteiger partial charge in [-0.05, 0) is 30.7 Å². The molecule has 2 aromatic heterocycles. The molecule has 0 radical (unpaired) electrons. The number of nitrogens with zero attached hydrogens (tertiary/aromatic N) is 4. The van der Waals surface area contributed by atoms with Crippen LogP contribution < -0.4 is 15.0 Å². The Morgan fingerprint density at radius 3 is 2.67 bits per heavy atom. The van der Waals surface area contributed by atoms with Crippen LogP contribution in [0.3, 0.4) is 0 Å². The predicted octanol–water partition coefficient (Wildman–Crippen LogP) is 3.10. The summed E-state index contributed by atoms with van der Waals surface area (Å²) in [5.41, 5.74) is 2.88. The summed E-state index contributed by atoms with van der Waals surface area (Å²) in [6.07, 6.45) is 4.10. The van der Waals surface area contributed by atoms with E-state index in [-0.39, 0.29) is 5.91 Å². The van der Waals surface area contributed by atoms with Crippen molar-refractivity contribution in [2.45, 2.75) is 13.3 Å². The molecule has 0 unspecified atom stereocenters. The van der Waals surface area contributed by atoms with Crippen LogP contribution in [0.25, 0.3) is 10.9 Å². The number of hydrogen-bond donors (Lipinski definition) is 1. The molecule has 1 fully saturated rings. The highest BCUT2D eigenvalue weighted by molar-refractivity contribution is 5.96. The van der Waals surface area contributed by atoms with Gasteiger partial charge in [0.05, 0.1) is 7.11 Å². The highest BCUT2D eigenvalue weighted by atomic mass is 16.5. The van der Waals surface area contributed by atoms with E-state index in [1.165, 1.54) is 0 Å². The summed E-state index contributed by atoms with van der Waals surface area (Å²) in [5, 5.41) is 4.45. The zero-order valence-corrected chi connectivity index (χ0v) is 17.5. The Labute approximate surface area is 176 Å². The van der Waals surface area contributed by atoms with E-state index in [9.17, 15) is 4.79 Å². The molecule has 0 atom stereocenters. The minimum atomic E-state index is 0.178. The Bertz CT molecular complexity index is 1020. The fourth-order valence-corrected chi connectivity index (χ4v) is 3.87. The van der Waals surface area contributed by atoms with E-state index >= 15 is 0 Å². The number of carbonyl (C=O) groups excluding carboxylic acids is 1. The van der Waals surface area contributed by atoms with Crippen molar-refractivity contribution in [1.29, 1.82) is 0 Å². The maximum atomic E-state index is 12.7. The number of nitrogens with one attached hydrogen (secondary N) is 1. The molecule has 4 rings (SSSR count). The van der Waals surface area contributed by atoms with Gasteiger partial charge in [-0.15, -0.1) is 0 Å². The summed E-state index contributed by atoms with van der Waals surface area (Å²) < 4.78 is 5.43. The maximum absolute atomic E-state index is 12.7. The molecule has 3 heterocycles. The summed E-state index contributed by atoms with van der Waals surface area (Å²) in [6, 6.07) is 11.8. The monoisotopic (exact) mass is 405 g/mol. The Morgan fingerprint density at radius 1 is 1.10 bits per heavy atom. The molecule has 30 heavy (non-hydrogen) atoms. The van der Waals surface area contributed by atoms with Gasteiger partial charge in [-0.2, -0.15) is 0 Å². The van der Waals surface area contributed by atoms with Gasteiger partial charge in [-0.3, -0.25) is 9.78 Å². The Balaban J connectivity index is 1.34. The average Bonchev–Trinajstić information content (AvgIpc) is 2.80. The number of rotatable bonds is 6. The second-order valence-electron chi connectivity index (χ2n) is 7.41. The van der Waals surface area contributed by atoms with Crippen molar-refractivity contribution in [2.75, 3.05) is 50.1 Å². The quantitative estimate of drug-likeness (QED) is 0.680. The third-order valence-electron chi connectivity index (χ3n) is 5.52. The van der Waals surface area contributed by atoms with E-state index in [1.807, 2.05) is 54.4 Å². The van der Waals surface area contributed by atoms with E-state index in [2.05, 4.69) is 20.2 Å². The van der Waals surface area contributed by atoms with Crippen LogP contribution in [-0.4, -0.2) is 60.6 Å². The van der Waals surface area contributed by atoms with Gasteiger partial charge in [-0.1, -0.05) is 18.2 Å². The van der Waals surface area contributed by atoms with E-state index in [1.54, 1.807) is 13.3 Å². The molecule has 1 amide bonds. The van der Waals surface area contributed by atoms with Crippen LogP contribution in [0.1, 0.15) is 12.0 Å². The van der Waals surface area contributed by atoms with E-state index in [4.69, 9.17) is 4.74 Å². The normalized spacial score (nSPS) is 14.1. The van der Waals surface area contributed by atoms with Crippen LogP contribution in [0.2, 0.25) is 0 Å². The molecule has 0 aliphatic carbocycles. The van der Waals surface area contributed by atoms with Gasteiger partial charge in [0.25, 0.3) is 0 Å². The third kappa shape index (κ3) is 4.15. The molecule has 1 aliphatic rings. The molecule has 0 saturated carbocycles. The van der Waals surface area contributed by atoms with Crippen molar-refractivity contribution in [1.82, 2.24) is 14.9 Å². The van der Waals surface area contributed by atoms with Gasteiger partial charge < -0.3 is 19.9 Å². The van der Waals surface area contributed by atoms with Crippen LogP contribution in [0.4, 0.5) is 11.5 Å².